The van der Waals surface area contributed by atoms with E-state index in [4.69, 9.17) is 5.11 Å². The van der Waals surface area contributed by atoms with Crippen molar-refractivity contribution in [3.8, 4) is 0 Å². The Labute approximate surface area is 113 Å². The summed E-state index contributed by atoms with van der Waals surface area (Å²) < 4.78 is 0. The van der Waals surface area contributed by atoms with Gasteiger partial charge in [-0.1, -0.05) is 6.07 Å². The lowest BCUT2D eigenvalue weighted by Gasteiger charge is -2.00. The van der Waals surface area contributed by atoms with Crippen molar-refractivity contribution >= 4 is 35.0 Å². The van der Waals surface area contributed by atoms with Crippen LogP contribution in [0.5, 0.6) is 0 Å². The first-order chi connectivity index (χ1) is 9.16. The fourth-order valence-electron chi connectivity index (χ4n) is 1.39. The van der Waals surface area contributed by atoms with Crippen molar-refractivity contribution in [1.82, 2.24) is 4.98 Å². The van der Waals surface area contributed by atoms with Crippen LogP contribution >= 0.6 is 11.3 Å². The molecular weight excluding hydrogens is 264 g/mol. The van der Waals surface area contributed by atoms with Gasteiger partial charge in [0.1, 0.15) is 4.88 Å². The predicted molar refractivity (Wildman–Crippen MR) is 73.2 cm³/mol. The van der Waals surface area contributed by atoms with E-state index < -0.39 is 5.97 Å². The van der Waals surface area contributed by atoms with Gasteiger partial charge in [-0.05, 0) is 29.2 Å². The number of carboxylic acid groups (broad SMARTS) is 1. The molecule has 0 unspecified atom stereocenters. The minimum Gasteiger partial charge on any atom is -0.477 e. The van der Waals surface area contributed by atoms with E-state index in [0.717, 1.165) is 16.9 Å². The van der Waals surface area contributed by atoms with Crippen molar-refractivity contribution in [1.29, 1.82) is 0 Å². The van der Waals surface area contributed by atoms with Crippen LogP contribution in [0.15, 0.2) is 42.0 Å². The van der Waals surface area contributed by atoms with Gasteiger partial charge in [0.15, 0.2) is 0 Å². The van der Waals surface area contributed by atoms with Crippen LogP contribution in [0.25, 0.3) is 6.08 Å². The van der Waals surface area contributed by atoms with Gasteiger partial charge in [0.05, 0.1) is 5.69 Å². The third-order valence-corrected chi connectivity index (χ3v) is 3.13. The van der Waals surface area contributed by atoms with Crippen LogP contribution < -0.4 is 5.32 Å². The summed E-state index contributed by atoms with van der Waals surface area (Å²) in [6, 6.07) is 5.13. The molecule has 2 N–H and O–H groups in total. The average molecular weight is 274 g/mol. The van der Waals surface area contributed by atoms with Gasteiger partial charge in [-0.15, -0.1) is 11.3 Å². The molecule has 6 heteroatoms. The highest BCUT2D eigenvalue weighted by molar-refractivity contribution is 7.12. The van der Waals surface area contributed by atoms with Crippen LogP contribution in [0.2, 0.25) is 0 Å². The molecule has 0 aliphatic rings. The van der Waals surface area contributed by atoms with E-state index in [1.165, 1.54) is 6.08 Å². The molecule has 0 saturated heterocycles. The lowest BCUT2D eigenvalue weighted by Crippen LogP contribution is -2.09. The van der Waals surface area contributed by atoms with Gasteiger partial charge in [0.25, 0.3) is 0 Å². The summed E-state index contributed by atoms with van der Waals surface area (Å²) in [5.74, 6) is -1.44. The molecule has 0 fully saturated rings. The molecule has 2 heterocycles. The van der Waals surface area contributed by atoms with E-state index in [1.807, 2.05) is 6.07 Å². The smallest absolute Gasteiger partial charge is 0.348 e. The molecule has 0 saturated carbocycles. The first-order valence-electron chi connectivity index (χ1n) is 5.36. The third kappa shape index (κ3) is 3.49. The van der Waals surface area contributed by atoms with Gasteiger partial charge < -0.3 is 10.4 Å². The largest absolute Gasteiger partial charge is 0.477 e. The Morgan fingerprint density at radius 2 is 2.21 bits per heavy atom. The SMILES string of the molecule is O=C(/C=C/c1cccnc1)Nc1ccsc1C(=O)O. The van der Waals surface area contributed by atoms with E-state index in [2.05, 4.69) is 10.3 Å². The number of hydrogen-bond acceptors (Lipinski definition) is 4. The van der Waals surface area contributed by atoms with Crippen LogP contribution in [0.1, 0.15) is 15.2 Å². The topological polar surface area (TPSA) is 79.3 Å². The van der Waals surface area contributed by atoms with Crippen LogP contribution in [-0.4, -0.2) is 22.0 Å². The van der Waals surface area contributed by atoms with Crippen LogP contribution in [0, 0.1) is 0 Å². The number of anilines is 1. The van der Waals surface area contributed by atoms with Gasteiger partial charge in [0, 0.05) is 18.5 Å². The zero-order valence-corrected chi connectivity index (χ0v) is 10.6. The standard InChI is InChI=1S/C13H10N2O3S/c16-11(4-3-9-2-1-6-14-8-9)15-10-5-7-19-12(10)13(17)18/h1-8H,(H,15,16)(H,17,18)/b4-3+. The Hall–Kier alpha value is -2.47. The highest BCUT2D eigenvalue weighted by atomic mass is 32.1. The average Bonchev–Trinajstić information content (AvgIpc) is 2.86. The molecule has 2 aromatic heterocycles. The second-order valence-electron chi connectivity index (χ2n) is 3.58. The summed E-state index contributed by atoms with van der Waals surface area (Å²) in [5, 5.41) is 13.0. The third-order valence-electron chi connectivity index (χ3n) is 2.23. The normalized spacial score (nSPS) is 10.5. The van der Waals surface area contributed by atoms with Gasteiger partial charge in [0.2, 0.25) is 5.91 Å². The molecule has 0 atom stereocenters. The molecule has 19 heavy (non-hydrogen) atoms. The van der Waals surface area contributed by atoms with Crippen molar-refractivity contribution < 1.29 is 14.7 Å². The molecule has 5 nitrogen and oxygen atoms in total. The maximum Gasteiger partial charge on any atom is 0.348 e. The lowest BCUT2D eigenvalue weighted by molar-refractivity contribution is -0.111. The van der Waals surface area contributed by atoms with Crippen molar-refractivity contribution in [3.05, 3.63) is 52.5 Å². The highest BCUT2D eigenvalue weighted by Crippen LogP contribution is 2.22. The Kier molecular flexibility index (Phi) is 4.04. The molecule has 0 aliphatic carbocycles. The number of thiophene rings is 1. The molecule has 2 aromatic rings. The number of nitrogens with zero attached hydrogens (tertiary/aromatic N) is 1. The number of carbonyl (C=O) groups excluding carboxylic acids is 1. The number of aromatic carboxylic acids is 1. The number of pyridine rings is 1. The number of carboxylic acids is 1. The van der Waals surface area contributed by atoms with Gasteiger partial charge in [-0.3, -0.25) is 9.78 Å². The summed E-state index contributed by atoms with van der Waals surface area (Å²) in [6.07, 6.45) is 6.20. The zero-order chi connectivity index (χ0) is 13.7. The molecule has 2 rings (SSSR count). The van der Waals surface area contributed by atoms with E-state index in [-0.39, 0.29) is 10.8 Å². The number of amides is 1. The number of rotatable bonds is 4. The van der Waals surface area contributed by atoms with E-state index >= 15 is 0 Å². The van der Waals surface area contributed by atoms with Crippen molar-refractivity contribution in [2.24, 2.45) is 0 Å². The van der Waals surface area contributed by atoms with Crippen molar-refractivity contribution in [2.75, 3.05) is 5.32 Å². The molecule has 0 aromatic carbocycles. The number of hydrogen-bond donors (Lipinski definition) is 2. The Morgan fingerprint density at radius 3 is 2.89 bits per heavy atom. The number of aromatic nitrogens is 1. The number of nitrogens with one attached hydrogen (secondary N) is 1. The minimum atomic E-state index is -1.05. The summed E-state index contributed by atoms with van der Waals surface area (Å²) in [6.45, 7) is 0. The Morgan fingerprint density at radius 1 is 1.37 bits per heavy atom. The summed E-state index contributed by atoms with van der Waals surface area (Å²) in [4.78, 5) is 26.6. The van der Waals surface area contributed by atoms with Crippen LogP contribution in [0.4, 0.5) is 5.69 Å². The fraction of sp³-hybridized carbons (Fsp3) is 0. The zero-order valence-electron chi connectivity index (χ0n) is 9.74. The van der Waals surface area contributed by atoms with Crippen molar-refractivity contribution in [3.63, 3.8) is 0 Å². The van der Waals surface area contributed by atoms with Crippen LogP contribution in [0.3, 0.4) is 0 Å². The van der Waals surface area contributed by atoms with Crippen molar-refractivity contribution in [2.45, 2.75) is 0 Å². The molecule has 0 bridgehead atoms. The van der Waals surface area contributed by atoms with Crippen LogP contribution in [-0.2, 0) is 4.79 Å². The first-order valence-corrected chi connectivity index (χ1v) is 6.24. The fourth-order valence-corrected chi connectivity index (χ4v) is 2.08. The Balaban J connectivity index is 2.04. The van der Waals surface area contributed by atoms with Gasteiger partial charge in [-0.2, -0.15) is 0 Å². The number of carbonyl (C=O) groups is 2. The van der Waals surface area contributed by atoms with E-state index in [1.54, 1.807) is 36.0 Å². The highest BCUT2D eigenvalue weighted by Gasteiger charge is 2.12. The first kappa shape index (κ1) is 13.0. The minimum absolute atomic E-state index is 0.114. The maximum atomic E-state index is 11.7. The summed E-state index contributed by atoms with van der Waals surface area (Å²) >= 11 is 1.07. The molecule has 1 amide bonds. The van der Waals surface area contributed by atoms with Gasteiger partial charge >= 0.3 is 5.97 Å². The lowest BCUT2D eigenvalue weighted by atomic mass is 10.2. The Bertz CT molecular complexity index is 620. The molecular formula is C13H10N2O3S. The second kappa shape index (κ2) is 5.92. The van der Waals surface area contributed by atoms with E-state index in [0.29, 0.717) is 5.69 Å². The maximum absolute atomic E-state index is 11.7. The molecule has 0 spiro atoms. The monoisotopic (exact) mass is 274 g/mol. The summed E-state index contributed by atoms with van der Waals surface area (Å²) in [5.41, 5.74) is 1.10. The molecule has 0 radical (unpaired) electrons. The predicted octanol–water partition coefficient (Wildman–Crippen LogP) is 2.49. The summed E-state index contributed by atoms with van der Waals surface area (Å²) in [7, 11) is 0. The molecule has 0 aliphatic heterocycles. The quantitative estimate of drug-likeness (QED) is 0.839. The second-order valence-corrected chi connectivity index (χ2v) is 4.49. The molecule has 96 valence electrons. The van der Waals surface area contributed by atoms with E-state index in [9.17, 15) is 9.59 Å². The van der Waals surface area contributed by atoms with Gasteiger partial charge in [-0.25, -0.2) is 4.79 Å².